The normalized spacial score (nSPS) is 14.4. The number of carbonyl (C=O) groups is 2. The molecule has 1 aliphatic heterocycles. The molecule has 32 heavy (non-hydrogen) atoms. The first-order chi connectivity index (χ1) is 15.4. The van der Waals surface area contributed by atoms with Gasteiger partial charge in [-0.15, -0.1) is 0 Å². The summed E-state index contributed by atoms with van der Waals surface area (Å²) in [7, 11) is 4.64. The van der Waals surface area contributed by atoms with Crippen molar-refractivity contribution < 1.29 is 23.8 Å². The highest BCUT2D eigenvalue weighted by molar-refractivity contribution is 6.30. The van der Waals surface area contributed by atoms with Gasteiger partial charge in [-0.2, -0.15) is 0 Å². The Bertz CT molecular complexity index is 957. The van der Waals surface area contributed by atoms with Crippen molar-refractivity contribution in [1.29, 1.82) is 0 Å². The van der Waals surface area contributed by atoms with E-state index in [2.05, 4.69) is 4.90 Å². The third-order valence-corrected chi connectivity index (χ3v) is 5.57. The van der Waals surface area contributed by atoms with Gasteiger partial charge in [-0.3, -0.25) is 14.5 Å². The first-order valence-corrected chi connectivity index (χ1v) is 10.6. The number of ketones is 1. The largest absolute Gasteiger partial charge is 0.493 e. The third-order valence-electron chi connectivity index (χ3n) is 5.32. The molecule has 0 aliphatic carbocycles. The molecule has 8 heteroatoms. The molecular formula is C24H27ClN2O5. The summed E-state index contributed by atoms with van der Waals surface area (Å²) in [6.45, 7) is 2.73. The fourth-order valence-corrected chi connectivity index (χ4v) is 3.65. The Hall–Kier alpha value is -3.03. The van der Waals surface area contributed by atoms with E-state index in [1.54, 1.807) is 68.7 Å². The number of carbonyl (C=O) groups excluding carboxylic acids is 2. The predicted molar refractivity (Wildman–Crippen MR) is 124 cm³/mol. The number of nitrogens with zero attached hydrogens (tertiary/aromatic N) is 2. The topological polar surface area (TPSA) is 68.3 Å². The zero-order valence-corrected chi connectivity index (χ0v) is 19.2. The Balaban J connectivity index is 1.56. The Morgan fingerprint density at radius 3 is 2.06 bits per heavy atom. The second kappa shape index (κ2) is 11.0. The van der Waals surface area contributed by atoms with Gasteiger partial charge in [-0.25, -0.2) is 0 Å². The fraction of sp³-hybridized carbons (Fsp3) is 0.333. The van der Waals surface area contributed by atoms with Crippen LogP contribution < -0.4 is 14.2 Å². The van der Waals surface area contributed by atoms with Gasteiger partial charge in [0.1, 0.15) is 0 Å². The minimum absolute atomic E-state index is 0.0451. The fourth-order valence-electron chi connectivity index (χ4n) is 3.53. The molecule has 0 bridgehead atoms. The summed E-state index contributed by atoms with van der Waals surface area (Å²) in [4.78, 5) is 28.9. The highest BCUT2D eigenvalue weighted by Crippen LogP contribution is 2.38. The van der Waals surface area contributed by atoms with Gasteiger partial charge in [0.2, 0.25) is 11.7 Å². The predicted octanol–water partition coefficient (Wildman–Crippen LogP) is 3.41. The Labute approximate surface area is 193 Å². The highest BCUT2D eigenvalue weighted by atomic mass is 35.5. The molecule has 3 rings (SSSR count). The molecule has 2 aromatic rings. The van der Waals surface area contributed by atoms with Gasteiger partial charge in [0.25, 0.3) is 0 Å². The first-order valence-electron chi connectivity index (χ1n) is 10.2. The van der Waals surface area contributed by atoms with E-state index in [9.17, 15) is 9.59 Å². The van der Waals surface area contributed by atoms with E-state index in [1.807, 2.05) is 0 Å². The van der Waals surface area contributed by atoms with Crippen molar-refractivity contribution in [2.45, 2.75) is 0 Å². The van der Waals surface area contributed by atoms with Crippen LogP contribution in [0.3, 0.4) is 0 Å². The molecule has 0 N–H and O–H groups in total. The summed E-state index contributed by atoms with van der Waals surface area (Å²) >= 11 is 5.88. The molecule has 0 spiro atoms. The molecule has 0 aromatic heterocycles. The Morgan fingerprint density at radius 2 is 1.53 bits per heavy atom. The maximum Gasteiger partial charge on any atom is 0.246 e. The van der Waals surface area contributed by atoms with Crippen LogP contribution in [0.15, 0.2) is 42.5 Å². The molecule has 1 fully saturated rings. The van der Waals surface area contributed by atoms with Crippen LogP contribution in [0.5, 0.6) is 17.2 Å². The number of benzene rings is 2. The summed E-state index contributed by atoms with van der Waals surface area (Å²) in [5.41, 5.74) is 1.40. The Morgan fingerprint density at radius 1 is 0.938 bits per heavy atom. The molecule has 1 heterocycles. The van der Waals surface area contributed by atoms with Gasteiger partial charge in [0, 0.05) is 42.8 Å². The maximum absolute atomic E-state index is 12.6. The number of amides is 1. The molecule has 0 radical (unpaired) electrons. The van der Waals surface area contributed by atoms with E-state index >= 15 is 0 Å². The van der Waals surface area contributed by atoms with Crippen LogP contribution in [0.4, 0.5) is 0 Å². The van der Waals surface area contributed by atoms with Gasteiger partial charge in [0.15, 0.2) is 17.3 Å². The van der Waals surface area contributed by atoms with Gasteiger partial charge in [0.05, 0.1) is 27.9 Å². The van der Waals surface area contributed by atoms with Crippen LogP contribution >= 0.6 is 11.6 Å². The molecule has 0 unspecified atom stereocenters. The van der Waals surface area contributed by atoms with Crippen molar-refractivity contribution in [1.82, 2.24) is 9.80 Å². The van der Waals surface area contributed by atoms with E-state index in [0.717, 1.165) is 5.56 Å². The monoisotopic (exact) mass is 458 g/mol. The maximum atomic E-state index is 12.6. The van der Waals surface area contributed by atoms with E-state index in [0.29, 0.717) is 60.6 Å². The molecule has 1 saturated heterocycles. The van der Waals surface area contributed by atoms with Crippen LogP contribution in [0.25, 0.3) is 6.08 Å². The standard InChI is InChI=1S/C24H27ClN2O5/c1-30-21-14-17(15-22(31-2)24(21)32-3)4-9-23(29)27-12-10-26(11-13-27)16-20(28)18-5-7-19(25)8-6-18/h4-9,14-15H,10-13,16H2,1-3H3. The van der Waals surface area contributed by atoms with E-state index < -0.39 is 0 Å². The minimum Gasteiger partial charge on any atom is -0.493 e. The summed E-state index contributed by atoms with van der Waals surface area (Å²) in [6.07, 6.45) is 3.26. The lowest BCUT2D eigenvalue weighted by Crippen LogP contribution is -2.49. The number of ether oxygens (including phenoxy) is 3. The van der Waals surface area contributed by atoms with Gasteiger partial charge >= 0.3 is 0 Å². The van der Waals surface area contributed by atoms with Crippen LogP contribution in [0.1, 0.15) is 15.9 Å². The molecule has 170 valence electrons. The quantitative estimate of drug-likeness (QED) is 0.446. The number of methoxy groups -OCH3 is 3. The lowest BCUT2D eigenvalue weighted by Gasteiger charge is -2.33. The number of hydrogen-bond acceptors (Lipinski definition) is 6. The SMILES string of the molecule is COc1cc(C=CC(=O)N2CCN(CC(=O)c3ccc(Cl)cc3)CC2)cc(OC)c1OC. The van der Waals surface area contributed by atoms with Gasteiger partial charge < -0.3 is 19.1 Å². The van der Waals surface area contributed by atoms with E-state index in [4.69, 9.17) is 25.8 Å². The summed E-state index contributed by atoms with van der Waals surface area (Å²) in [5.74, 6) is 1.52. The number of hydrogen-bond donors (Lipinski definition) is 0. The smallest absolute Gasteiger partial charge is 0.246 e. The van der Waals surface area contributed by atoms with E-state index in [-0.39, 0.29) is 11.7 Å². The molecule has 2 aromatic carbocycles. The number of piperazine rings is 1. The minimum atomic E-state index is -0.0811. The van der Waals surface area contributed by atoms with Crippen molar-refractivity contribution in [2.75, 3.05) is 54.1 Å². The van der Waals surface area contributed by atoms with Crippen LogP contribution in [-0.4, -0.2) is 75.5 Å². The molecule has 1 aliphatic rings. The van der Waals surface area contributed by atoms with Crippen LogP contribution in [0, 0.1) is 0 Å². The summed E-state index contributed by atoms with van der Waals surface area (Å²) < 4.78 is 16.0. The molecule has 1 amide bonds. The second-order valence-electron chi connectivity index (χ2n) is 7.32. The molecular weight excluding hydrogens is 432 g/mol. The van der Waals surface area contributed by atoms with Crippen molar-refractivity contribution in [2.24, 2.45) is 0 Å². The Kier molecular flexibility index (Phi) is 8.14. The van der Waals surface area contributed by atoms with Crippen molar-refractivity contribution >= 4 is 29.4 Å². The van der Waals surface area contributed by atoms with E-state index in [1.165, 1.54) is 6.08 Å². The lowest BCUT2D eigenvalue weighted by atomic mass is 10.1. The summed E-state index contributed by atoms with van der Waals surface area (Å²) in [5, 5.41) is 0.605. The highest BCUT2D eigenvalue weighted by Gasteiger charge is 2.22. The van der Waals surface area contributed by atoms with Crippen molar-refractivity contribution in [3.8, 4) is 17.2 Å². The van der Waals surface area contributed by atoms with Gasteiger partial charge in [-0.1, -0.05) is 11.6 Å². The average Bonchev–Trinajstić information content (AvgIpc) is 2.82. The molecule has 0 saturated carbocycles. The first kappa shape index (κ1) is 23.6. The summed E-state index contributed by atoms with van der Waals surface area (Å²) in [6, 6.07) is 10.5. The van der Waals surface area contributed by atoms with Crippen LogP contribution in [0.2, 0.25) is 5.02 Å². The third kappa shape index (κ3) is 5.81. The second-order valence-corrected chi connectivity index (χ2v) is 7.76. The van der Waals surface area contributed by atoms with Crippen LogP contribution in [-0.2, 0) is 4.79 Å². The average molecular weight is 459 g/mol. The van der Waals surface area contributed by atoms with Crippen molar-refractivity contribution in [3.05, 3.63) is 58.6 Å². The molecule has 7 nitrogen and oxygen atoms in total. The van der Waals surface area contributed by atoms with Crippen molar-refractivity contribution in [3.63, 3.8) is 0 Å². The number of Topliss-reactive ketones (excluding diaryl/α,β-unsaturated/α-hetero) is 1. The number of rotatable bonds is 8. The zero-order valence-electron chi connectivity index (χ0n) is 18.5. The lowest BCUT2D eigenvalue weighted by molar-refractivity contribution is -0.127. The zero-order chi connectivity index (χ0) is 23.1. The van der Waals surface area contributed by atoms with Gasteiger partial charge in [-0.05, 0) is 48.0 Å². The molecule has 0 atom stereocenters. The number of halogens is 1.